The van der Waals surface area contributed by atoms with Crippen LogP contribution in [0.5, 0.6) is 0 Å². The van der Waals surface area contributed by atoms with E-state index in [9.17, 15) is 22.4 Å². The summed E-state index contributed by atoms with van der Waals surface area (Å²) in [7, 11) is 1.98. The van der Waals surface area contributed by atoms with Gasteiger partial charge in [0.1, 0.15) is 5.82 Å². The summed E-state index contributed by atoms with van der Waals surface area (Å²) in [6, 6.07) is 8.28. The Labute approximate surface area is 215 Å². The zero-order valence-electron chi connectivity index (χ0n) is 21.1. The molecule has 1 fully saturated rings. The molecule has 1 amide bonds. The number of anilines is 2. The minimum Gasteiger partial charge on any atom is -0.374 e. The van der Waals surface area contributed by atoms with Crippen LogP contribution < -0.4 is 10.6 Å². The Hall–Kier alpha value is -3.43. The maximum Gasteiger partial charge on any atom is 0.416 e. The van der Waals surface area contributed by atoms with Crippen molar-refractivity contribution in [1.82, 2.24) is 9.80 Å². The van der Waals surface area contributed by atoms with Crippen molar-refractivity contribution >= 4 is 22.9 Å². The topological polar surface area (TPSA) is 47.6 Å². The maximum atomic E-state index is 14.6. The van der Waals surface area contributed by atoms with Gasteiger partial charge in [0.15, 0.2) is 0 Å². The fourth-order valence-corrected chi connectivity index (χ4v) is 4.05. The highest BCUT2D eigenvalue weighted by molar-refractivity contribution is 5.94. The van der Waals surface area contributed by atoms with Crippen LogP contribution in [0.15, 0.2) is 67.3 Å². The van der Waals surface area contributed by atoms with E-state index >= 15 is 0 Å². The largest absolute Gasteiger partial charge is 0.416 e. The minimum absolute atomic E-state index is 0.0256. The molecule has 1 aliphatic heterocycles. The van der Waals surface area contributed by atoms with Gasteiger partial charge in [-0.25, -0.2) is 4.39 Å². The summed E-state index contributed by atoms with van der Waals surface area (Å²) in [5, 5.41) is 5.15. The smallest absolute Gasteiger partial charge is 0.374 e. The Morgan fingerprint density at radius 2 is 1.81 bits per heavy atom. The molecule has 9 heteroatoms. The fraction of sp³-hybridized carbons (Fsp3) is 0.321. The van der Waals surface area contributed by atoms with Gasteiger partial charge in [0.05, 0.1) is 17.8 Å². The highest BCUT2D eigenvalue weighted by atomic mass is 19.4. The van der Waals surface area contributed by atoms with Gasteiger partial charge in [-0.2, -0.15) is 13.2 Å². The van der Waals surface area contributed by atoms with Crippen molar-refractivity contribution in [3.63, 3.8) is 0 Å². The summed E-state index contributed by atoms with van der Waals surface area (Å²) < 4.78 is 55.9. The molecule has 2 N–H and O–H groups in total. The number of nitrogens with zero attached hydrogens (tertiary/aromatic N) is 2. The van der Waals surface area contributed by atoms with Crippen LogP contribution in [0.4, 0.5) is 28.9 Å². The van der Waals surface area contributed by atoms with Crippen molar-refractivity contribution in [2.75, 3.05) is 50.4 Å². The number of piperazine rings is 1. The second-order valence-electron chi connectivity index (χ2n) is 9.20. The van der Waals surface area contributed by atoms with Crippen LogP contribution in [-0.2, 0) is 17.5 Å². The Morgan fingerprint density at radius 3 is 2.41 bits per heavy atom. The zero-order valence-corrected chi connectivity index (χ0v) is 21.1. The van der Waals surface area contributed by atoms with E-state index < -0.39 is 23.5 Å². The lowest BCUT2D eigenvalue weighted by molar-refractivity contribution is -0.138. The van der Waals surface area contributed by atoms with Crippen LogP contribution in [0.25, 0.3) is 5.57 Å². The van der Waals surface area contributed by atoms with Gasteiger partial charge in [-0.05, 0) is 54.9 Å². The Balaban J connectivity index is 1.65. The molecule has 37 heavy (non-hydrogen) atoms. The van der Waals surface area contributed by atoms with Gasteiger partial charge in [0.2, 0.25) is 5.91 Å². The van der Waals surface area contributed by atoms with Crippen LogP contribution in [0.1, 0.15) is 23.6 Å². The molecule has 0 aliphatic carbocycles. The molecule has 1 saturated heterocycles. The third-order valence-electron chi connectivity index (χ3n) is 6.05. The number of halogens is 4. The molecule has 0 aromatic heterocycles. The molecular formula is C28H32F4N4O. The molecule has 5 nitrogen and oxygen atoms in total. The standard InChI is InChI=1S/C28H32F4N4O/c1-5-20(14-19(2)3)21-7-9-26(25(29)15-21)33-17-27(37)34-23-8-6-22(24(16-23)28(30,31)32)18-36-12-10-35(4)11-13-36/h5-9,14-16,33H,1-2,10-13,17-18H2,3-4H3,(H,34,37). The van der Waals surface area contributed by atoms with Crippen molar-refractivity contribution in [3.8, 4) is 0 Å². The number of allylic oxidation sites excluding steroid dienone is 4. The quantitative estimate of drug-likeness (QED) is 0.327. The van der Waals surface area contributed by atoms with Crippen LogP contribution in [0.2, 0.25) is 0 Å². The van der Waals surface area contributed by atoms with Gasteiger partial charge < -0.3 is 15.5 Å². The second-order valence-corrected chi connectivity index (χ2v) is 9.20. The zero-order chi connectivity index (χ0) is 27.2. The third kappa shape index (κ3) is 8.03. The molecule has 0 saturated carbocycles. The lowest BCUT2D eigenvalue weighted by Crippen LogP contribution is -2.44. The number of hydrogen-bond donors (Lipinski definition) is 2. The number of hydrogen-bond acceptors (Lipinski definition) is 4. The first-order chi connectivity index (χ1) is 17.5. The normalized spacial score (nSPS) is 15.4. The number of nitrogens with one attached hydrogen (secondary N) is 2. The van der Waals surface area contributed by atoms with Crippen LogP contribution in [-0.4, -0.2) is 55.5 Å². The molecule has 2 aromatic rings. The lowest BCUT2D eigenvalue weighted by atomic mass is 10.0. The number of alkyl halides is 3. The lowest BCUT2D eigenvalue weighted by Gasteiger charge is -2.33. The molecule has 2 aromatic carbocycles. The highest BCUT2D eigenvalue weighted by Gasteiger charge is 2.34. The Kier molecular flexibility index (Phi) is 9.29. The predicted octanol–water partition coefficient (Wildman–Crippen LogP) is 5.79. The molecule has 3 rings (SSSR count). The average molecular weight is 517 g/mol. The summed E-state index contributed by atoms with van der Waals surface area (Å²) in [6.45, 7) is 12.2. The van der Waals surface area contributed by atoms with E-state index in [-0.39, 0.29) is 30.0 Å². The molecule has 1 aliphatic rings. The van der Waals surface area contributed by atoms with Crippen LogP contribution in [0, 0.1) is 5.82 Å². The first-order valence-corrected chi connectivity index (χ1v) is 11.9. The summed E-state index contributed by atoms with van der Waals surface area (Å²) in [5.74, 6) is -1.18. The fourth-order valence-electron chi connectivity index (χ4n) is 4.05. The van der Waals surface area contributed by atoms with Crippen molar-refractivity contribution in [2.24, 2.45) is 0 Å². The SMILES string of the molecule is C=CC(=CC(=C)C)c1ccc(NCC(=O)Nc2ccc(CN3CCN(C)CC3)c(C(F)(F)F)c2)c(F)c1. The number of carbonyl (C=O) groups excluding carboxylic acids is 1. The molecule has 0 unspecified atom stereocenters. The van der Waals surface area contributed by atoms with E-state index in [0.29, 0.717) is 24.2 Å². The average Bonchev–Trinajstić information content (AvgIpc) is 2.83. The third-order valence-corrected chi connectivity index (χ3v) is 6.05. The molecule has 198 valence electrons. The first kappa shape index (κ1) is 28.1. The molecule has 0 atom stereocenters. The van der Waals surface area contributed by atoms with Crippen molar-refractivity contribution in [1.29, 1.82) is 0 Å². The van der Waals surface area contributed by atoms with Crippen molar-refractivity contribution in [2.45, 2.75) is 19.6 Å². The summed E-state index contributed by atoms with van der Waals surface area (Å²) in [5.41, 5.74) is 1.59. The van der Waals surface area contributed by atoms with E-state index in [0.717, 1.165) is 24.7 Å². The van der Waals surface area contributed by atoms with Gasteiger partial charge in [0.25, 0.3) is 0 Å². The predicted molar refractivity (Wildman–Crippen MR) is 141 cm³/mol. The summed E-state index contributed by atoms with van der Waals surface area (Å²) in [6.07, 6.45) is -1.20. The van der Waals surface area contributed by atoms with E-state index in [1.54, 1.807) is 18.2 Å². The van der Waals surface area contributed by atoms with Crippen LogP contribution >= 0.6 is 0 Å². The monoisotopic (exact) mass is 516 g/mol. The highest BCUT2D eigenvalue weighted by Crippen LogP contribution is 2.34. The Bertz CT molecular complexity index is 1180. The van der Waals surface area contributed by atoms with E-state index in [1.807, 2.05) is 18.9 Å². The van der Waals surface area contributed by atoms with E-state index in [2.05, 4.69) is 28.7 Å². The Morgan fingerprint density at radius 1 is 1.11 bits per heavy atom. The maximum absolute atomic E-state index is 14.6. The van der Waals surface area contributed by atoms with Crippen molar-refractivity contribution in [3.05, 3.63) is 89.8 Å². The van der Waals surface area contributed by atoms with Gasteiger partial charge in [-0.15, -0.1) is 0 Å². The van der Waals surface area contributed by atoms with Crippen LogP contribution in [0.3, 0.4) is 0 Å². The van der Waals surface area contributed by atoms with E-state index in [4.69, 9.17) is 0 Å². The van der Waals surface area contributed by atoms with Gasteiger partial charge >= 0.3 is 6.18 Å². The molecular weight excluding hydrogens is 484 g/mol. The summed E-state index contributed by atoms with van der Waals surface area (Å²) >= 11 is 0. The van der Waals surface area contributed by atoms with Gasteiger partial charge in [-0.3, -0.25) is 9.69 Å². The van der Waals surface area contributed by atoms with E-state index in [1.165, 1.54) is 24.3 Å². The molecule has 0 radical (unpaired) electrons. The number of likely N-dealkylation sites (N-methyl/N-ethyl adjacent to an activating group) is 1. The first-order valence-electron chi connectivity index (χ1n) is 11.9. The molecule has 0 bridgehead atoms. The molecule has 0 spiro atoms. The number of amides is 1. The number of carbonyl (C=O) groups is 1. The van der Waals surface area contributed by atoms with Gasteiger partial charge in [0, 0.05) is 38.4 Å². The number of benzene rings is 2. The second kappa shape index (κ2) is 12.2. The minimum atomic E-state index is -4.56. The molecule has 1 heterocycles. The number of rotatable bonds is 9. The van der Waals surface area contributed by atoms with Gasteiger partial charge in [-0.1, -0.05) is 43.0 Å². The summed E-state index contributed by atoms with van der Waals surface area (Å²) in [4.78, 5) is 16.5. The van der Waals surface area contributed by atoms with Crippen molar-refractivity contribution < 1.29 is 22.4 Å².